The van der Waals surface area contributed by atoms with Gasteiger partial charge in [-0.15, -0.1) is 0 Å². The number of nitrogens with zero attached hydrogens (tertiary/aromatic N) is 3. The lowest BCUT2D eigenvalue weighted by atomic mass is 10.2. The maximum Gasteiger partial charge on any atom is 0.340 e. The van der Waals surface area contributed by atoms with E-state index in [4.69, 9.17) is 4.74 Å². The molecule has 0 bridgehead atoms. The molecule has 3 aromatic rings. The molecule has 19 heavy (non-hydrogen) atoms. The van der Waals surface area contributed by atoms with E-state index in [2.05, 4.69) is 15.0 Å². The van der Waals surface area contributed by atoms with Crippen LogP contribution in [-0.4, -0.2) is 32.6 Å². The maximum absolute atomic E-state index is 11.7. The Hall–Kier alpha value is -2.63. The van der Waals surface area contributed by atoms with Crippen molar-refractivity contribution in [1.29, 1.82) is 0 Å². The second-order valence-electron chi connectivity index (χ2n) is 4.17. The highest BCUT2D eigenvalue weighted by Gasteiger charge is 2.15. The Bertz CT molecular complexity index is 757. The number of aryl methyl sites for hydroxylation is 1. The summed E-state index contributed by atoms with van der Waals surface area (Å²) in [6.45, 7) is 0. The molecule has 0 radical (unpaired) electrons. The molecule has 6 nitrogen and oxygen atoms in total. The fourth-order valence-electron chi connectivity index (χ4n) is 2.01. The van der Waals surface area contributed by atoms with Crippen LogP contribution < -0.4 is 0 Å². The van der Waals surface area contributed by atoms with Crippen LogP contribution >= 0.6 is 0 Å². The number of carbonyl (C=O) groups excluding carboxylic acids is 1. The van der Waals surface area contributed by atoms with E-state index in [1.807, 2.05) is 17.7 Å². The number of fused-ring (bicyclic) bond motifs is 1. The van der Waals surface area contributed by atoms with Crippen molar-refractivity contribution < 1.29 is 9.53 Å². The minimum atomic E-state index is -0.395. The number of ether oxygens (including phenoxy) is 1. The van der Waals surface area contributed by atoms with Gasteiger partial charge in [0.15, 0.2) is 5.82 Å². The number of hydrogen-bond donors (Lipinski definition) is 1. The minimum Gasteiger partial charge on any atom is -0.465 e. The van der Waals surface area contributed by atoms with Crippen LogP contribution in [0.15, 0.2) is 30.7 Å². The number of aromatic nitrogens is 4. The molecule has 0 aliphatic heterocycles. The molecule has 0 spiro atoms. The number of benzene rings is 1. The molecule has 3 rings (SSSR count). The summed E-state index contributed by atoms with van der Waals surface area (Å²) in [6.07, 6.45) is 3.42. The smallest absolute Gasteiger partial charge is 0.340 e. The molecule has 0 amide bonds. The first-order chi connectivity index (χ1) is 9.20. The summed E-state index contributed by atoms with van der Waals surface area (Å²) in [6, 6.07) is 5.36. The first kappa shape index (κ1) is 11.5. The van der Waals surface area contributed by atoms with E-state index in [9.17, 15) is 4.79 Å². The van der Waals surface area contributed by atoms with E-state index < -0.39 is 5.97 Å². The zero-order valence-electron chi connectivity index (χ0n) is 10.5. The highest BCUT2D eigenvalue weighted by molar-refractivity contribution is 6.02. The molecule has 0 aliphatic carbocycles. The summed E-state index contributed by atoms with van der Waals surface area (Å²) in [5.41, 5.74) is 2.70. The molecule has 0 aliphatic rings. The van der Waals surface area contributed by atoms with E-state index in [1.165, 1.54) is 7.11 Å². The first-order valence-electron chi connectivity index (χ1n) is 5.74. The van der Waals surface area contributed by atoms with Crippen LogP contribution in [0.4, 0.5) is 0 Å². The van der Waals surface area contributed by atoms with Gasteiger partial charge in [0.1, 0.15) is 11.2 Å². The molecular weight excluding hydrogens is 244 g/mol. The fraction of sp³-hybridized carbons (Fsp3) is 0.154. The number of carbonyl (C=O) groups is 1. The molecular formula is C13H12N4O2. The van der Waals surface area contributed by atoms with E-state index in [0.29, 0.717) is 16.9 Å². The number of para-hydroxylation sites is 1. The van der Waals surface area contributed by atoms with Gasteiger partial charge in [-0.1, -0.05) is 6.07 Å². The van der Waals surface area contributed by atoms with Crippen LogP contribution in [0, 0.1) is 0 Å². The third-order valence-electron chi connectivity index (χ3n) is 2.98. The molecule has 0 fully saturated rings. The SMILES string of the molecule is COC(=O)c1cccc2[nH]c(-c3cncn3C)nc12. The molecule has 1 aromatic carbocycles. The van der Waals surface area contributed by atoms with Gasteiger partial charge in [0.05, 0.1) is 30.7 Å². The Labute approximate surface area is 109 Å². The van der Waals surface area contributed by atoms with Crippen molar-refractivity contribution in [3.05, 3.63) is 36.3 Å². The molecule has 1 N–H and O–H groups in total. The van der Waals surface area contributed by atoms with E-state index in [0.717, 1.165) is 11.2 Å². The lowest BCUT2D eigenvalue weighted by Gasteiger charge is -1.98. The molecule has 0 saturated heterocycles. The van der Waals surface area contributed by atoms with Crippen molar-refractivity contribution in [2.75, 3.05) is 7.11 Å². The van der Waals surface area contributed by atoms with Crippen LogP contribution in [0.3, 0.4) is 0 Å². The number of esters is 1. The van der Waals surface area contributed by atoms with Crippen molar-refractivity contribution in [3.63, 3.8) is 0 Å². The lowest BCUT2D eigenvalue weighted by molar-refractivity contribution is 0.0603. The van der Waals surface area contributed by atoms with Gasteiger partial charge < -0.3 is 14.3 Å². The predicted molar refractivity (Wildman–Crippen MR) is 69.6 cm³/mol. The Morgan fingerprint density at radius 2 is 2.26 bits per heavy atom. The van der Waals surface area contributed by atoms with Crippen molar-refractivity contribution in [2.45, 2.75) is 0 Å². The van der Waals surface area contributed by atoms with Gasteiger partial charge in [0, 0.05) is 7.05 Å². The standard InChI is InChI=1S/C13H12N4O2/c1-17-7-14-6-10(17)12-15-9-5-3-4-8(11(9)16-12)13(18)19-2/h3-7H,1-2H3,(H,15,16). The van der Waals surface area contributed by atoms with Crippen molar-refractivity contribution in [1.82, 2.24) is 19.5 Å². The van der Waals surface area contributed by atoms with Crippen LogP contribution in [0.1, 0.15) is 10.4 Å². The average molecular weight is 256 g/mol. The summed E-state index contributed by atoms with van der Waals surface area (Å²) in [4.78, 5) is 23.4. The molecule has 6 heteroatoms. The zero-order chi connectivity index (χ0) is 13.4. The van der Waals surface area contributed by atoms with Crippen molar-refractivity contribution in [3.8, 4) is 11.5 Å². The number of rotatable bonds is 2. The minimum absolute atomic E-state index is 0.395. The second kappa shape index (κ2) is 4.24. The highest BCUT2D eigenvalue weighted by Crippen LogP contribution is 2.22. The second-order valence-corrected chi connectivity index (χ2v) is 4.17. The summed E-state index contributed by atoms with van der Waals surface area (Å²) >= 11 is 0. The van der Waals surface area contributed by atoms with Crippen LogP contribution in [0.25, 0.3) is 22.6 Å². The van der Waals surface area contributed by atoms with E-state index in [1.54, 1.807) is 24.7 Å². The highest BCUT2D eigenvalue weighted by atomic mass is 16.5. The normalized spacial score (nSPS) is 10.8. The number of aromatic amines is 1. The number of H-pyrrole nitrogens is 1. The molecule has 0 saturated carbocycles. The monoisotopic (exact) mass is 256 g/mol. The van der Waals surface area contributed by atoms with Gasteiger partial charge in [0.2, 0.25) is 0 Å². The number of hydrogen-bond acceptors (Lipinski definition) is 4. The summed E-state index contributed by atoms with van der Waals surface area (Å²) in [5.74, 6) is 0.278. The molecule has 2 aromatic heterocycles. The Morgan fingerprint density at radius 3 is 2.95 bits per heavy atom. The molecule has 0 unspecified atom stereocenters. The number of nitrogens with one attached hydrogen (secondary N) is 1. The third kappa shape index (κ3) is 1.77. The quantitative estimate of drug-likeness (QED) is 0.709. The van der Waals surface area contributed by atoms with Gasteiger partial charge in [-0.25, -0.2) is 14.8 Å². The third-order valence-corrected chi connectivity index (χ3v) is 2.98. The summed E-state index contributed by atoms with van der Waals surface area (Å²) in [5, 5.41) is 0. The maximum atomic E-state index is 11.7. The van der Waals surface area contributed by atoms with Gasteiger partial charge >= 0.3 is 5.97 Å². The number of methoxy groups -OCH3 is 1. The predicted octanol–water partition coefficient (Wildman–Crippen LogP) is 1.75. The van der Waals surface area contributed by atoms with Gasteiger partial charge in [-0.3, -0.25) is 0 Å². The van der Waals surface area contributed by atoms with E-state index in [-0.39, 0.29) is 0 Å². The van der Waals surface area contributed by atoms with E-state index >= 15 is 0 Å². The average Bonchev–Trinajstić information content (AvgIpc) is 3.02. The summed E-state index contributed by atoms with van der Waals surface area (Å²) in [7, 11) is 3.24. The molecule has 2 heterocycles. The summed E-state index contributed by atoms with van der Waals surface area (Å²) < 4.78 is 6.61. The van der Waals surface area contributed by atoms with Gasteiger partial charge in [-0.05, 0) is 12.1 Å². The molecule has 0 atom stereocenters. The molecule has 96 valence electrons. The Balaban J connectivity index is 2.21. The first-order valence-corrected chi connectivity index (χ1v) is 5.74. The Kier molecular flexibility index (Phi) is 2.56. The largest absolute Gasteiger partial charge is 0.465 e. The fourth-order valence-corrected chi connectivity index (χ4v) is 2.01. The van der Waals surface area contributed by atoms with Gasteiger partial charge in [-0.2, -0.15) is 0 Å². The lowest BCUT2D eigenvalue weighted by Crippen LogP contribution is -2.01. The Morgan fingerprint density at radius 1 is 1.42 bits per heavy atom. The number of imidazole rings is 2. The van der Waals surface area contributed by atoms with Crippen LogP contribution in [0.2, 0.25) is 0 Å². The topological polar surface area (TPSA) is 72.8 Å². The van der Waals surface area contributed by atoms with Crippen LogP contribution in [0.5, 0.6) is 0 Å². The van der Waals surface area contributed by atoms with Crippen LogP contribution in [-0.2, 0) is 11.8 Å². The van der Waals surface area contributed by atoms with Crippen molar-refractivity contribution >= 4 is 17.0 Å². The zero-order valence-corrected chi connectivity index (χ0v) is 10.5. The van der Waals surface area contributed by atoms with Gasteiger partial charge in [0.25, 0.3) is 0 Å². The van der Waals surface area contributed by atoms with Crippen molar-refractivity contribution in [2.24, 2.45) is 7.05 Å².